The highest BCUT2D eigenvalue weighted by Gasteiger charge is 2.22. The average molecular weight is 249 g/mol. The SMILES string of the molecule is C=CC(=O)N(C)CCC(CCC)S(=O)(=O)O. The molecule has 1 atom stereocenters. The summed E-state index contributed by atoms with van der Waals surface area (Å²) in [7, 11) is -2.45. The maximum atomic E-state index is 11.1. The zero-order valence-corrected chi connectivity index (χ0v) is 10.5. The lowest BCUT2D eigenvalue weighted by atomic mass is 10.2. The molecule has 94 valence electrons. The van der Waals surface area contributed by atoms with E-state index >= 15 is 0 Å². The van der Waals surface area contributed by atoms with Gasteiger partial charge in [-0.1, -0.05) is 19.9 Å². The Balaban J connectivity index is 4.33. The molecule has 0 aliphatic heterocycles. The Bertz CT molecular complexity index is 337. The van der Waals surface area contributed by atoms with E-state index in [9.17, 15) is 13.2 Å². The molecule has 16 heavy (non-hydrogen) atoms. The van der Waals surface area contributed by atoms with E-state index in [4.69, 9.17) is 4.55 Å². The summed E-state index contributed by atoms with van der Waals surface area (Å²) in [5.74, 6) is -0.259. The Hall–Kier alpha value is -0.880. The van der Waals surface area contributed by atoms with E-state index < -0.39 is 15.4 Å². The van der Waals surface area contributed by atoms with E-state index in [1.165, 1.54) is 11.0 Å². The van der Waals surface area contributed by atoms with E-state index in [1.807, 2.05) is 6.92 Å². The van der Waals surface area contributed by atoms with Crippen LogP contribution >= 0.6 is 0 Å². The van der Waals surface area contributed by atoms with Gasteiger partial charge in [0.1, 0.15) is 0 Å². The summed E-state index contributed by atoms with van der Waals surface area (Å²) in [6, 6.07) is 0. The van der Waals surface area contributed by atoms with Gasteiger partial charge in [-0.3, -0.25) is 9.35 Å². The van der Waals surface area contributed by atoms with Gasteiger partial charge < -0.3 is 4.90 Å². The van der Waals surface area contributed by atoms with Gasteiger partial charge in [-0.15, -0.1) is 0 Å². The molecule has 0 aliphatic rings. The van der Waals surface area contributed by atoms with Crippen molar-refractivity contribution in [2.45, 2.75) is 31.4 Å². The highest BCUT2D eigenvalue weighted by molar-refractivity contribution is 7.86. The predicted octanol–water partition coefficient (Wildman–Crippen LogP) is 1.08. The largest absolute Gasteiger partial charge is 0.342 e. The number of nitrogens with zero attached hydrogens (tertiary/aromatic N) is 1. The van der Waals surface area contributed by atoms with Crippen molar-refractivity contribution in [3.05, 3.63) is 12.7 Å². The van der Waals surface area contributed by atoms with E-state index in [2.05, 4.69) is 6.58 Å². The molecule has 0 radical (unpaired) electrons. The molecule has 0 aromatic rings. The Kier molecular flexibility index (Phi) is 6.28. The molecule has 1 unspecified atom stereocenters. The van der Waals surface area contributed by atoms with Crippen LogP contribution < -0.4 is 0 Å². The first-order chi connectivity index (χ1) is 7.32. The van der Waals surface area contributed by atoms with Crippen LogP contribution in [0.15, 0.2) is 12.7 Å². The molecule has 0 aromatic carbocycles. The van der Waals surface area contributed by atoms with E-state index in [0.717, 1.165) is 0 Å². The third-order valence-corrected chi connectivity index (χ3v) is 3.68. The molecule has 0 aliphatic carbocycles. The highest BCUT2D eigenvalue weighted by atomic mass is 32.2. The Morgan fingerprint density at radius 1 is 1.50 bits per heavy atom. The summed E-state index contributed by atoms with van der Waals surface area (Å²) >= 11 is 0. The maximum Gasteiger partial charge on any atom is 0.267 e. The molecule has 1 N–H and O–H groups in total. The number of hydrogen-bond donors (Lipinski definition) is 1. The lowest BCUT2D eigenvalue weighted by Crippen LogP contribution is -2.31. The summed E-state index contributed by atoms with van der Waals surface area (Å²) in [4.78, 5) is 12.5. The summed E-state index contributed by atoms with van der Waals surface area (Å²) in [5.41, 5.74) is 0. The minimum Gasteiger partial charge on any atom is -0.342 e. The molecule has 0 bridgehead atoms. The predicted molar refractivity (Wildman–Crippen MR) is 62.7 cm³/mol. The number of likely N-dealkylation sites (N-methyl/N-ethyl adjacent to an activating group) is 1. The van der Waals surface area contributed by atoms with Gasteiger partial charge in [0.05, 0.1) is 5.25 Å². The molecular weight excluding hydrogens is 230 g/mol. The highest BCUT2D eigenvalue weighted by Crippen LogP contribution is 2.12. The standard InChI is InChI=1S/C10H19NO4S/c1-4-6-9(16(13,14)15)7-8-11(3)10(12)5-2/h5,9H,2,4,6-8H2,1,3H3,(H,13,14,15). The van der Waals surface area contributed by atoms with Gasteiger partial charge in [0.2, 0.25) is 5.91 Å². The fourth-order valence-electron chi connectivity index (χ4n) is 1.37. The fourth-order valence-corrected chi connectivity index (χ4v) is 2.30. The van der Waals surface area contributed by atoms with Crippen LogP contribution in [0.5, 0.6) is 0 Å². The van der Waals surface area contributed by atoms with Crippen molar-refractivity contribution in [3.63, 3.8) is 0 Å². The van der Waals surface area contributed by atoms with Crippen molar-refractivity contribution in [3.8, 4) is 0 Å². The minimum absolute atomic E-state index is 0.239. The van der Waals surface area contributed by atoms with Gasteiger partial charge in [-0.25, -0.2) is 0 Å². The first kappa shape index (κ1) is 15.1. The van der Waals surface area contributed by atoms with Gasteiger partial charge in [-0.2, -0.15) is 8.42 Å². The van der Waals surface area contributed by atoms with Crippen molar-refractivity contribution in [2.24, 2.45) is 0 Å². The minimum atomic E-state index is -4.02. The van der Waals surface area contributed by atoms with Gasteiger partial charge in [0.25, 0.3) is 10.1 Å². The number of amides is 1. The molecule has 6 heteroatoms. The fraction of sp³-hybridized carbons (Fsp3) is 0.700. The van der Waals surface area contributed by atoms with Gasteiger partial charge in [-0.05, 0) is 18.9 Å². The second kappa shape index (κ2) is 6.65. The smallest absolute Gasteiger partial charge is 0.267 e. The van der Waals surface area contributed by atoms with Crippen LogP contribution in [0.1, 0.15) is 26.2 Å². The Morgan fingerprint density at radius 3 is 2.44 bits per heavy atom. The molecule has 0 fully saturated rings. The van der Waals surface area contributed by atoms with Gasteiger partial charge in [0, 0.05) is 13.6 Å². The molecular formula is C10H19NO4S. The van der Waals surface area contributed by atoms with Crippen LogP contribution in [-0.4, -0.2) is 42.6 Å². The van der Waals surface area contributed by atoms with Crippen molar-refractivity contribution in [1.29, 1.82) is 0 Å². The average Bonchev–Trinajstić information content (AvgIpc) is 2.20. The van der Waals surface area contributed by atoms with Crippen LogP contribution in [0.25, 0.3) is 0 Å². The third-order valence-electron chi connectivity index (χ3n) is 2.37. The van der Waals surface area contributed by atoms with Crippen molar-refractivity contribution in [2.75, 3.05) is 13.6 Å². The number of hydrogen-bond acceptors (Lipinski definition) is 3. The molecule has 1 amide bonds. The summed E-state index contributed by atoms with van der Waals surface area (Å²) < 4.78 is 31.0. The van der Waals surface area contributed by atoms with Crippen LogP contribution in [0.3, 0.4) is 0 Å². The van der Waals surface area contributed by atoms with Crippen LogP contribution in [0.4, 0.5) is 0 Å². The first-order valence-electron chi connectivity index (χ1n) is 5.16. The normalized spacial score (nSPS) is 13.2. The molecule has 0 saturated carbocycles. The molecule has 0 heterocycles. The zero-order chi connectivity index (χ0) is 12.8. The Morgan fingerprint density at radius 2 is 2.06 bits per heavy atom. The summed E-state index contributed by atoms with van der Waals surface area (Å²) in [6.07, 6.45) is 2.48. The van der Waals surface area contributed by atoms with E-state index in [0.29, 0.717) is 12.8 Å². The van der Waals surface area contributed by atoms with Crippen LogP contribution in [0.2, 0.25) is 0 Å². The van der Waals surface area contributed by atoms with Gasteiger partial charge >= 0.3 is 0 Å². The number of carbonyl (C=O) groups excluding carboxylic acids is 1. The molecule has 0 aromatic heterocycles. The topological polar surface area (TPSA) is 74.7 Å². The monoisotopic (exact) mass is 249 g/mol. The molecule has 0 spiro atoms. The second-order valence-electron chi connectivity index (χ2n) is 3.68. The van der Waals surface area contributed by atoms with Crippen molar-refractivity contribution in [1.82, 2.24) is 4.90 Å². The number of rotatable bonds is 7. The summed E-state index contributed by atoms with van der Waals surface area (Å²) in [5, 5.41) is -0.794. The third kappa shape index (κ3) is 5.27. The molecule has 0 rings (SSSR count). The van der Waals surface area contributed by atoms with Crippen LogP contribution in [0, 0.1) is 0 Å². The molecule has 5 nitrogen and oxygen atoms in total. The van der Waals surface area contributed by atoms with E-state index in [1.54, 1.807) is 7.05 Å². The maximum absolute atomic E-state index is 11.1. The quantitative estimate of drug-likeness (QED) is 0.541. The molecule has 0 saturated heterocycles. The van der Waals surface area contributed by atoms with Gasteiger partial charge in [0.15, 0.2) is 0 Å². The van der Waals surface area contributed by atoms with Crippen LogP contribution in [-0.2, 0) is 14.9 Å². The number of carbonyl (C=O) groups is 1. The zero-order valence-electron chi connectivity index (χ0n) is 9.72. The summed E-state index contributed by atoms with van der Waals surface area (Å²) in [6.45, 7) is 5.47. The van der Waals surface area contributed by atoms with E-state index in [-0.39, 0.29) is 18.9 Å². The second-order valence-corrected chi connectivity index (χ2v) is 5.37. The lowest BCUT2D eigenvalue weighted by molar-refractivity contribution is -0.124. The van der Waals surface area contributed by atoms with Crippen molar-refractivity contribution < 1.29 is 17.8 Å². The Labute approximate surface area is 96.9 Å². The lowest BCUT2D eigenvalue weighted by Gasteiger charge is -2.18. The van der Waals surface area contributed by atoms with Crippen molar-refractivity contribution >= 4 is 16.0 Å². The first-order valence-corrected chi connectivity index (χ1v) is 6.67.